The molecule has 8 rings (SSSR count). The highest BCUT2D eigenvalue weighted by Gasteiger charge is 2.27. The van der Waals surface area contributed by atoms with Crippen LogP contribution in [-0.4, -0.2) is 75.2 Å². The zero-order valence-corrected chi connectivity index (χ0v) is 44.5. The van der Waals surface area contributed by atoms with Crippen molar-refractivity contribution in [1.82, 2.24) is 21.3 Å². The Morgan fingerprint density at radius 3 is 0.950 bits per heavy atom. The van der Waals surface area contributed by atoms with Crippen molar-refractivity contribution in [2.45, 2.75) is 51.4 Å². The van der Waals surface area contributed by atoms with Crippen molar-refractivity contribution in [3.8, 4) is 23.0 Å². The van der Waals surface area contributed by atoms with Crippen LogP contribution < -0.4 is 40.2 Å². The standard InChI is InChI=1S/C66H66N4O10/c71-63(55-33-19-35-59(77-45-51-25-11-3-12-26-51)61(55)79-47-53-29-15-5-16-30-53)69-57(43-49-21-7-1-8-22-49)65(73)67-37-39-75-41-42-76-40-38-68-66(74)58(44-50-23-9-2-10-24-50)70-64(72)56-34-20-36-60(78-46-52-27-13-4-14-28-52)62(56)80-48-54-31-17-6-18-32-54/h1-36,57-58H,37-48H2,(H,67,73)(H,68,74)(H,69,71)(H,70,72)/t57-,58-/m1/s1. The molecule has 0 saturated carbocycles. The van der Waals surface area contributed by atoms with E-state index in [9.17, 15) is 19.2 Å². The molecule has 8 aromatic carbocycles. The maximum Gasteiger partial charge on any atom is 0.255 e. The zero-order chi connectivity index (χ0) is 55.4. The molecule has 2 atom stereocenters. The molecule has 14 nitrogen and oxygen atoms in total. The van der Waals surface area contributed by atoms with Crippen LogP contribution in [0.15, 0.2) is 218 Å². The molecule has 0 aromatic heterocycles. The first kappa shape index (κ1) is 56.9. The van der Waals surface area contributed by atoms with E-state index >= 15 is 0 Å². The van der Waals surface area contributed by atoms with Gasteiger partial charge in [0.2, 0.25) is 11.8 Å². The molecule has 8 aromatic rings. The first-order valence-electron chi connectivity index (χ1n) is 26.7. The second-order valence-corrected chi connectivity index (χ2v) is 18.6. The van der Waals surface area contributed by atoms with Gasteiger partial charge in [0.05, 0.1) is 37.6 Å². The average molecular weight is 1080 g/mol. The van der Waals surface area contributed by atoms with E-state index in [1.807, 2.05) is 182 Å². The first-order valence-corrected chi connectivity index (χ1v) is 26.7. The molecule has 4 N–H and O–H groups in total. The third-order valence-corrected chi connectivity index (χ3v) is 12.6. The Morgan fingerprint density at radius 1 is 0.325 bits per heavy atom. The number of hydrogen-bond acceptors (Lipinski definition) is 10. The fourth-order valence-corrected chi connectivity index (χ4v) is 8.50. The summed E-state index contributed by atoms with van der Waals surface area (Å²) in [5, 5.41) is 11.7. The van der Waals surface area contributed by atoms with Gasteiger partial charge in [-0.2, -0.15) is 0 Å². The predicted molar refractivity (Wildman–Crippen MR) is 306 cm³/mol. The molecule has 0 aliphatic heterocycles. The summed E-state index contributed by atoms with van der Waals surface area (Å²) in [6.07, 6.45) is 0.467. The highest BCUT2D eigenvalue weighted by molar-refractivity contribution is 6.01. The van der Waals surface area contributed by atoms with E-state index in [-0.39, 0.29) is 113 Å². The number of nitrogens with one attached hydrogen (secondary N) is 4. The van der Waals surface area contributed by atoms with Crippen LogP contribution in [0.4, 0.5) is 0 Å². The molecule has 0 aliphatic rings. The summed E-state index contributed by atoms with van der Waals surface area (Å²) < 4.78 is 36.6. The van der Waals surface area contributed by atoms with E-state index in [0.717, 1.165) is 33.4 Å². The molecule has 80 heavy (non-hydrogen) atoms. The van der Waals surface area contributed by atoms with Crippen LogP contribution in [0.25, 0.3) is 0 Å². The summed E-state index contributed by atoms with van der Waals surface area (Å²) in [4.78, 5) is 56.0. The quantitative estimate of drug-likeness (QED) is 0.0307. The van der Waals surface area contributed by atoms with Crippen LogP contribution in [0.5, 0.6) is 23.0 Å². The van der Waals surface area contributed by atoms with Gasteiger partial charge < -0.3 is 49.7 Å². The molecular formula is C66H66N4O10. The molecule has 0 heterocycles. The summed E-state index contributed by atoms with van der Waals surface area (Å²) in [6.45, 7) is 2.04. The molecule has 0 radical (unpaired) electrons. The highest BCUT2D eigenvalue weighted by atomic mass is 16.5. The Hall–Kier alpha value is -9.24. The summed E-state index contributed by atoms with van der Waals surface area (Å²) in [5.41, 5.74) is 5.89. The van der Waals surface area contributed by atoms with Crippen molar-refractivity contribution in [3.63, 3.8) is 0 Å². The Bertz CT molecular complexity index is 2940. The van der Waals surface area contributed by atoms with Gasteiger partial charge in [0.25, 0.3) is 11.8 Å². The minimum Gasteiger partial charge on any atom is -0.485 e. The van der Waals surface area contributed by atoms with E-state index < -0.39 is 23.9 Å². The molecule has 410 valence electrons. The van der Waals surface area contributed by atoms with Gasteiger partial charge in [-0.05, 0) is 57.6 Å². The number of carbonyl (C=O) groups is 4. The van der Waals surface area contributed by atoms with E-state index in [2.05, 4.69) is 21.3 Å². The number of carbonyl (C=O) groups excluding carboxylic acids is 4. The Labute approximate surface area is 467 Å². The number of amides is 4. The molecule has 0 saturated heterocycles. The topological polar surface area (TPSA) is 172 Å². The maximum atomic E-state index is 14.2. The summed E-state index contributed by atoms with van der Waals surface area (Å²) >= 11 is 0. The van der Waals surface area contributed by atoms with Crippen molar-refractivity contribution in [2.24, 2.45) is 0 Å². The van der Waals surface area contributed by atoms with E-state index in [0.29, 0.717) is 11.5 Å². The smallest absolute Gasteiger partial charge is 0.255 e. The van der Waals surface area contributed by atoms with Crippen LogP contribution >= 0.6 is 0 Å². The Morgan fingerprint density at radius 2 is 0.625 bits per heavy atom. The van der Waals surface area contributed by atoms with Crippen LogP contribution in [-0.2, 0) is 58.3 Å². The molecule has 4 amide bonds. The van der Waals surface area contributed by atoms with Crippen molar-refractivity contribution >= 4 is 23.6 Å². The summed E-state index contributed by atoms with van der Waals surface area (Å²) in [5.74, 6) is -0.457. The maximum absolute atomic E-state index is 14.2. The molecule has 0 aliphatic carbocycles. The lowest BCUT2D eigenvalue weighted by molar-refractivity contribution is -0.124. The van der Waals surface area contributed by atoms with Crippen LogP contribution in [0.1, 0.15) is 54.1 Å². The van der Waals surface area contributed by atoms with Crippen molar-refractivity contribution in [2.75, 3.05) is 39.5 Å². The summed E-state index contributed by atoms with van der Waals surface area (Å²) in [7, 11) is 0. The lowest BCUT2D eigenvalue weighted by Gasteiger charge is -2.21. The van der Waals surface area contributed by atoms with Gasteiger partial charge in [-0.25, -0.2) is 0 Å². The fraction of sp³-hybridized carbons (Fsp3) is 0.212. The van der Waals surface area contributed by atoms with Crippen molar-refractivity contribution in [1.29, 1.82) is 0 Å². The second kappa shape index (κ2) is 31.2. The average Bonchev–Trinajstić information content (AvgIpc) is 3.52. The fourth-order valence-electron chi connectivity index (χ4n) is 8.50. The van der Waals surface area contributed by atoms with Crippen LogP contribution in [0, 0.1) is 0 Å². The third kappa shape index (κ3) is 18.2. The largest absolute Gasteiger partial charge is 0.485 e. The predicted octanol–water partition coefficient (Wildman–Crippen LogP) is 9.65. The van der Waals surface area contributed by atoms with Gasteiger partial charge in [0, 0.05) is 25.9 Å². The second-order valence-electron chi connectivity index (χ2n) is 18.6. The lowest BCUT2D eigenvalue weighted by Crippen LogP contribution is -2.48. The molecule has 14 heteroatoms. The van der Waals surface area contributed by atoms with Crippen LogP contribution in [0.2, 0.25) is 0 Å². The van der Waals surface area contributed by atoms with Gasteiger partial charge in [-0.15, -0.1) is 0 Å². The van der Waals surface area contributed by atoms with Gasteiger partial charge >= 0.3 is 0 Å². The van der Waals surface area contributed by atoms with Gasteiger partial charge in [0.15, 0.2) is 23.0 Å². The van der Waals surface area contributed by atoms with Crippen molar-refractivity contribution < 1.29 is 47.6 Å². The number of hydrogen-bond donors (Lipinski definition) is 4. The van der Waals surface area contributed by atoms with Gasteiger partial charge in [-0.3, -0.25) is 19.2 Å². The SMILES string of the molecule is O=C(N[C@H](Cc1ccccc1)C(=O)NCCOCCOCCNC(=O)[C@@H](Cc1ccccc1)NC(=O)c1cccc(OCc2ccccc2)c1OCc1ccccc1)c1cccc(OCc2ccccc2)c1OCc1ccccc1. The van der Waals surface area contributed by atoms with Gasteiger partial charge in [-0.1, -0.05) is 194 Å². The van der Waals surface area contributed by atoms with Crippen molar-refractivity contribution in [3.05, 3.63) is 263 Å². The molecule has 0 bridgehead atoms. The lowest BCUT2D eigenvalue weighted by atomic mass is 10.0. The Kier molecular flexibility index (Phi) is 22.2. The molecule has 0 spiro atoms. The number of para-hydroxylation sites is 2. The molecule has 0 unspecified atom stereocenters. The molecular weight excluding hydrogens is 1010 g/mol. The summed E-state index contributed by atoms with van der Waals surface area (Å²) in [6, 6.07) is 66.0. The van der Waals surface area contributed by atoms with Gasteiger partial charge in [0.1, 0.15) is 38.5 Å². The van der Waals surface area contributed by atoms with E-state index in [4.69, 9.17) is 28.4 Å². The van der Waals surface area contributed by atoms with Crippen LogP contribution in [0.3, 0.4) is 0 Å². The van der Waals surface area contributed by atoms with E-state index in [1.165, 1.54) is 0 Å². The molecule has 0 fully saturated rings. The minimum atomic E-state index is -0.938. The number of ether oxygens (including phenoxy) is 6. The normalized spacial score (nSPS) is 11.6. The highest BCUT2D eigenvalue weighted by Crippen LogP contribution is 2.35. The monoisotopic (exact) mass is 1070 g/mol. The number of benzene rings is 8. The zero-order valence-electron chi connectivity index (χ0n) is 44.5. The number of rotatable bonds is 31. The Balaban J connectivity index is 0.815. The first-order chi connectivity index (χ1) is 39.4. The minimum absolute atomic E-state index is 0.171. The van der Waals surface area contributed by atoms with E-state index in [1.54, 1.807) is 36.4 Å². The third-order valence-electron chi connectivity index (χ3n) is 12.6.